The largest absolute Gasteiger partial charge is 0.496 e. The minimum Gasteiger partial charge on any atom is -0.496 e. The fourth-order valence-electron chi connectivity index (χ4n) is 2.60. The first-order valence-corrected chi connectivity index (χ1v) is 7.46. The second kappa shape index (κ2) is 6.54. The van der Waals surface area contributed by atoms with E-state index in [0.717, 1.165) is 11.3 Å². The SMILES string of the molecule is COc1ccccc1CCc1nc2cc(C(=O)O)ccc2c(=O)[nH]1. The minimum absolute atomic E-state index is 0.108. The summed E-state index contributed by atoms with van der Waals surface area (Å²) in [6.07, 6.45) is 1.17. The molecule has 0 saturated heterocycles. The van der Waals surface area contributed by atoms with E-state index in [9.17, 15) is 9.59 Å². The van der Waals surface area contributed by atoms with Gasteiger partial charge in [-0.15, -0.1) is 0 Å². The van der Waals surface area contributed by atoms with Gasteiger partial charge in [-0.2, -0.15) is 0 Å². The molecule has 0 spiro atoms. The molecule has 0 bridgehead atoms. The highest BCUT2D eigenvalue weighted by molar-refractivity contribution is 5.92. The predicted octanol–water partition coefficient (Wildman–Crippen LogP) is 2.42. The number of nitrogens with one attached hydrogen (secondary N) is 1. The van der Waals surface area contributed by atoms with Crippen LogP contribution in [-0.4, -0.2) is 28.2 Å². The van der Waals surface area contributed by atoms with E-state index < -0.39 is 5.97 Å². The van der Waals surface area contributed by atoms with Crippen LogP contribution in [0.1, 0.15) is 21.7 Å². The maximum atomic E-state index is 12.1. The third-order valence-electron chi connectivity index (χ3n) is 3.83. The minimum atomic E-state index is -1.05. The molecule has 0 radical (unpaired) electrons. The van der Waals surface area contributed by atoms with Gasteiger partial charge in [0.05, 0.1) is 23.6 Å². The van der Waals surface area contributed by atoms with Crippen LogP contribution in [-0.2, 0) is 12.8 Å². The predicted molar refractivity (Wildman–Crippen MR) is 89.7 cm³/mol. The number of aromatic carboxylic acids is 1. The number of para-hydroxylation sites is 1. The number of carbonyl (C=O) groups is 1. The summed E-state index contributed by atoms with van der Waals surface area (Å²) in [6.45, 7) is 0. The van der Waals surface area contributed by atoms with E-state index in [2.05, 4.69) is 9.97 Å². The van der Waals surface area contributed by atoms with Gasteiger partial charge in [-0.05, 0) is 36.2 Å². The summed E-state index contributed by atoms with van der Waals surface area (Å²) in [6, 6.07) is 12.0. The van der Waals surface area contributed by atoms with Gasteiger partial charge >= 0.3 is 5.97 Å². The Morgan fingerprint density at radius 2 is 2.00 bits per heavy atom. The van der Waals surface area contributed by atoms with Gasteiger partial charge < -0.3 is 14.8 Å². The topological polar surface area (TPSA) is 92.3 Å². The van der Waals surface area contributed by atoms with Gasteiger partial charge in [0.25, 0.3) is 5.56 Å². The number of nitrogens with zero attached hydrogens (tertiary/aromatic N) is 1. The molecule has 3 rings (SSSR count). The molecule has 1 aromatic heterocycles. The number of rotatable bonds is 5. The molecular formula is C18H16N2O4. The van der Waals surface area contributed by atoms with Gasteiger partial charge in [0, 0.05) is 6.42 Å². The number of hydrogen-bond acceptors (Lipinski definition) is 4. The van der Waals surface area contributed by atoms with Gasteiger partial charge in [0.15, 0.2) is 0 Å². The summed E-state index contributed by atoms with van der Waals surface area (Å²) in [4.78, 5) is 30.4. The zero-order valence-electron chi connectivity index (χ0n) is 13.1. The van der Waals surface area contributed by atoms with Crippen LogP contribution in [0.15, 0.2) is 47.3 Å². The number of H-pyrrole nitrogens is 1. The van der Waals surface area contributed by atoms with Gasteiger partial charge in [-0.3, -0.25) is 4.79 Å². The molecule has 0 atom stereocenters. The van der Waals surface area contributed by atoms with Crippen LogP contribution in [0.3, 0.4) is 0 Å². The van der Waals surface area contributed by atoms with E-state index in [1.165, 1.54) is 18.2 Å². The van der Waals surface area contributed by atoms with Gasteiger partial charge in [0.2, 0.25) is 0 Å². The highest BCUT2D eigenvalue weighted by atomic mass is 16.5. The van der Waals surface area contributed by atoms with Crippen molar-refractivity contribution in [1.29, 1.82) is 0 Å². The van der Waals surface area contributed by atoms with Crippen LogP contribution in [0.2, 0.25) is 0 Å². The Labute approximate surface area is 137 Å². The first kappa shape index (κ1) is 15.7. The molecule has 2 aromatic carbocycles. The monoisotopic (exact) mass is 324 g/mol. The summed E-state index contributed by atoms with van der Waals surface area (Å²) in [7, 11) is 1.61. The summed E-state index contributed by atoms with van der Waals surface area (Å²) in [5.41, 5.74) is 1.24. The number of carboxylic acids is 1. The summed E-state index contributed by atoms with van der Waals surface area (Å²) >= 11 is 0. The van der Waals surface area contributed by atoms with Crippen LogP contribution >= 0.6 is 0 Å². The van der Waals surface area contributed by atoms with Crippen LogP contribution in [0.4, 0.5) is 0 Å². The number of ether oxygens (including phenoxy) is 1. The zero-order valence-corrected chi connectivity index (χ0v) is 13.1. The molecule has 6 heteroatoms. The van der Waals surface area contributed by atoms with Crippen LogP contribution < -0.4 is 10.3 Å². The van der Waals surface area contributed by atoms with Crippen molar-refractivity contribution in [2.24, 2.45) is 0 Å². The number of hydrogen-bond donors (Lipinski definition) is 2. The van der Waals surface area contributed by atoms with E-state index in [4.69, 9.17) is 9.84 Å². The van der Waals surface area contributed by atoms with Crippen molar-refractivity contribution < 1.29 is 14.6 Å². The molecule has 0 aliphatic rings. The normalized spacial score (nSPS) is 10.7. The fourth-order valence-corrected chi connectivity index (χ4v) is 2.60. The fraction of sp³-hybridized carbons (Fsp3) is 0.167. The Balaban J connectivity index is 1.92. The first-order valence-electron chi connectivity index (χ1n) is 7.46. The Morgan fingerprint density at radius 1 is 1.21 bits per heavy atom. The lowest BCUT2D eigenvalue weighted by Crippen LogP contribution is -2.13. The molecular weight excluding hydrogens is 308 g/mol. The Hall–Kier alpha value is -3.15. The molecule has 0 saturated carbocycles. The molecule has 0 amide bonds. The van der Waals surface area contributed by atoms with Gasteiger partial charge in [-0.25, -0.2) is 9.78 Å². The van der Waals surface area contributed by atoms with Crippen molar-refractivity contribution in [3.8, 4) is 5.75 Å². The van der Waals surface area contributed by atoms with Crippen LogP contribution in [0.5, 0.6) is 5.75 Å². The van der Waals surface area contributed by atoms with Crippen molar-refractivity contribution in [3.05, 3.63) is 69.8 Å². The molecule has 0 aliphatic heterocycles. The molecule has 0 aliphatic carbocycles. The standard InChI is InChI=1S/C18H16N2O4/c1-24-15-5-3-2-4-11(15)7-9-16-19-14-10-12(18(22)23)6-8-13(14)17(21)20-16/h2-6,8,10H,7,9H2,1H3,(H,22,23)(H,19,20,21). The maximum absolute atomic E-state index is 12.1. The van der Waals surface area contributed by atoms with Gasteiger partial charge in [-0.1, -0.05) is 18.2 Å². The van der Waals surface area contributed by atoms with Crippen molar-refractivity contribution >= 4 is 16.9 Å². The average molecular weight is 324 g/mol. The van der Waals surface area contributed by atoms with E-state index in [1.54, 1.807) is 7.11 Å². The number of methoxy groups -OCH3 is 1. The van der Waals surface area contributed by atoms with Crippen molar-refractivity contribution in [1.82, 2.24) is 9.97 Å². The lowest BCUT2D eigenvalue weighted by molar-refractivity contribution is 0.0697. The highest BCUT2D eigenvalue weighted by Gasteiger charge is 2.09. The third kappa shape index (κ3) is 3.12. The van der Waals surface area contributed by atoms with E-state index in [-0.39, 0.29) is 11.1 Å². The second-order valence-corrected chi connectivity index (χ2v) is 5.36. The number of aryl methyl sites for hydroxylation is 2. The molecule has 1 heterocycles. The summed E-state index contributed by atoms with van der Waals surface area (Å²) < 4.78 is 5.31. The Bertz CT molecular complexity index is 963. The molecule has 0 unspecified atom stereocenters. The second-order valence-electron chi connectivity index (χ2n) is 5.36. The molecule has 122 valence electrons. The number of fused-ring (bicyclic) bond motifs is 1. The van der Waals surface area contributed by atoms with Crippen molar-refractivity contribution in [2.75, 3.05) is 7.11 Å². The number of carboxylic acid groups (broad SMARTS) is 1. The van der Waals surface area contributed by atoms with Crippen LogP contribution in [0.25, 0.3) is 10.9 Å². The highest BCUT2D eigenvalue weighted by Crippen LogP contribution is 2.19. The molecule has 3 aromatic rings. The number of benzene rings is 2. The average Bonchev–Trinajstić information content (AvgIpc) is 2.59. The lowest BCUT2D eigenvalue weighted by Gasteiger charge is -2.08. The quantitative estimate of drug-likeness (QED) is 0.752. The summed E-state index contributed by atoms with van der Waals surface area (Å²) in [5.74, 6) is 0.254. The zero-order chi connectivity index (χ0) is 17.1. The Morgan fingerprint density at radius 3 is 2.75 bits per heavy atom. The van der Waals surface area contributed by atoms with Crippen molar-refractivity contribution in [3.63, 3.8) is 0 Å². The van der Waals surface area contributed by atoms with Gasteiger partial charge in [0.1, 0.15) is 11.6 Å². The van der Waals surface area contributed by atoms with E-state index >= 15 is 0 Å². The van der Waals surface area contributed by atoms with Crippen molar-refractivity contribution in [2.45, 2.75) is 12.8 Å². The van der Waals surface area contributed by atoms with E-state index in [0.29, 0.717) is 29.6 Å². The first-order chi connectivity index (χ1) is 11.6. The van der Waals surface area contributed by atoms with Crippen LogP contribution in [0, 0.1) is 0 Å². The molecule has 6 nitrogen and oxygen atoms in total. The lowest BCUT2D eigenvalue weighted by atomic mass is 10.1. The molecule has 24 heavy (non-hydrogen) atoms. The smallest absolute Gasteiger partial charge is 0.335 e. The molecule has 0 fully saturated rings. The van der Waals surface area contributed by atoms with E-state index in [1.807, 2.05) is 24.3 Å². The third-order valence-corrected chi connectivity index (χ3v) is 3.83. The maximum Gasteiger partial charge on any atom is 0.335 e. The number of aromatic amines is 1. The Kier molecular flexibility index (Phi) is 4.29. The summed E-state index contributed by atoms with van der Waals surface area (Å²) in [5, 5.41) is 9.44. The number of aromatic nitrogens is 2. The molecule has 2 N–H and O–H groups in total.